The van der Waals surface area contributed by atoms with Crippen LogP contribution in [0.25, 0.3) is 11.4 Å². The third-order valence-corrected chi connectivity index (χ3v) is 2.50. The van der Waals surface area contributed by atoms with Crippen molar-refractivity contribution >= 4 is 23.5 Å². The van der Waals surface area contributed by atoms with Gasteiger partial charge in [-0.1, -0.05) is 11.6 Å². The molecule has 0 aliphatic rings. The molecule has 0 radical (unpaired) electrons. The van der Waals surface area contributed by atoms with Crippen LogP contribution in [0.3, 0.4) is 0 Å². The summed E-state index contributed by atoms with van der Waals surface area (Å²) in [5.74, 6) is 0.747. The van der Waals surface area contributed by atoms with Crippen LogP contribution in [0.2, 0.25) is 5.02 Å². The van der Waals surface area contributed by atoms with E-state index in [1.54, 1.807) is 10.9 Å². The molecular weight excluding hydrogens is 224 g/mol. The standard InChI is InChI=1S/C11H11ClN4/c1-3-13-8-4-5-9(10(12)6-8)11-14-7-15-16(11)2/h3-7H,1-2H3. The second kappa shape index (κ2) is 4.45. The van der Waals surface area contributed by atoms with Crippen LogP contribution in [0.4, 0.5) is 5.69 Å². The van der Waals surface area contributed by atoms with E-state index in [0.29, 0.717) is 5.02 Å². The summed E-state index contributed by atoms with van der Waals surface area (Å²) >= 11 is 6.17. The van der Waals surface area contributed by atoms with E-state index in [0.717, 1.165) is 17.1 Å². The van der Waals surface area contributed by atoms with Crippen molar-refractivity contribution < 1.29 is 0 Å². The Labute approximate surface area is 98.6 Å². The van der Waals surface area contributed by atoms with E-state index in [4.69, 9.17) is 11.6 Å². The minimum atomic E-state index is 0.624. The molecule has 0 aliphatic heterocycles. The first-order valence-corrected chi connectivity index (χ1v) is 5.22. The highest BCUT2D eigenvalue weighted by Crippen LogP contribution is 2.29. The molecule has 0 fully saturated rings. The zero-order valence-electron chi connectivity index (χ0n) is 9.05. The molecule has 5 heteroatoms. The van der Waals surface area contributed by atoms with E-state index in [-0.39, 0.29) is 0 Å². The van der Waals surface area contributed by atoms with E-state index in [1.165, 1.54) is 6.33 Å². The van der Waals surface area contributed by atoms with Crippen LogP contribution < -0.4 is 0 Å². The quantitative estimate of drug-likeness (QED) is 0.750. The molecule has 4 nitrogen and oxygen atoms in total. The summed E-state index contributed by atoms with van der Waals surface area (Å²) < 4.78 is 1.68. The summed E-state index contributed by atoms with van der Waals surface area (Å²) in [6.07, 6.45) is 3.23. The molecule has 1 heterocycles. The Morgan fingerprint density at radius 2 is 2.25 bits per heavy atom. The van der Waals surface area contributed by atoms with Gasteiger partial charge in [0, 0.05) is 18.8 Å². The van der Waals surface area contributed by atoms with Crippen molar-refractivity contribution in [1.29, 1.82) is 0 Å². The first-order valence-electron chi connectivity index (χ1n) is 4.85. The predicted octanol–water partition coefficient (Wildman–Crippen LogP) is 2.86. The summed E-state index contributed by atoms with van der Waals surface area (Å²) in [5.41, 5.74) is 1.69. The van der Waals surface area contributed by atoms with Crippen molar-refractivity contribution in [1.82, 2.24) is 14.8 Å². The lowest BCUT2D eigenvalue weighted by molar-refractivity contribution is 0.774. The number of nitrogens with zero attached hydrogens (tertiary/aromatic N) is 4. The van der Waals surface area contributed by atoms with Crippen LogP contribution in [0.1, 0.15) is 6.92 Å². The number of aromatic nitrogens is 3. The van der Waals surface area contributed by atoms with E-state index < -0.39 is 0 Å². The number of aryl methyl sites for hydroxylation is 1. The molecule has 0 bridgehead atoms. The summed E-state index contributed by atoms with van der Waals surface area (Å²) in [7, 11) is 1.83. The monoisotopic (exact) mass is 234 g/mol. The van der Waals surface area contributed by atoms with Crippen molar-refractivity contribution in [3.05, 3.63) is 29.5 Å². The molecule has 16 heavy (non-hydrogen) atoms. The van der Waals surface area contributed by atoms with Crippen LogP contribution in [-0.4, -0.2) is 21.0 Å². The van der Waals surface area contributed by atoms with Gasteiger partial charge in [0.25, 0.3) is 0 Å². The van der Waals surface area contributed by atoms with E-state index >= 15 is 0 Å². The average Bonchev–Trinajstić information content (AvgIpc) is 2.65. The molecule has 1 aromatic heterocycles. The molecule has 0 N–H and O–H groups in total. The van der Waals surface area contributed by atoms with Gasteiger partial charge in [-0.25, -0.2) is 9.67 Å². The number of halogens is 1. The van der Waals surface area contributed by atoms with Crippen molar-refractivity contribution in [2.75, 3.05) is 0 Å². The Bertz CT molecular complexity index is 531. The molecule has 0 unspecified atom stereocenters. The topological polar surface area (TPSA) is 43.1 Å². The van der Waals surface area contributed by atoms with Crippen LogP contribution in [-0.2, 0) is 7.05 Å². The van der Waals surface area contributed by atoms with Crippen LogP contribution in [0.15, 0.2) is 29.5 Å². The van der Waals surface area contributed by atoms with Gasteiger partial charge in [-0.3, -0.25) is 4.99 Å². The summed E-state index contributed by atoms with van der Waals surface area (Å²) in [6.45, 7) is 1.87. The van der Waals surface area contributed by atoms with Crippen LogP contribution in [0, 0.1) is 0 Å². The van der Waals surface area contributed by atoms with Gasteiger partial charge in [-0.05, 0) is 25.1 Å². The number of hydrogen-bond donors (Lipinski definition) is 0. The highest BCUT2D eigenvalue weighted by atomic mass is 35.5. The van der Waals surface area contributed by atoms with E-state index in [2.05, 4.69) is 15.1 Å². The Kier molecular flexibility index (Phi) is 3.01. The second-order valence-electron chi connectivity index (χ2n) is 3.26. The van der Waals surface area contributed by atoms with Gasteiger partial charge in [0.1, 0.15) is 6.33 Å². The first kappa shape index (κ1) is 10.8. The maximum atomic E-state index is 6.17. The van der Waals surface area contributed by atoms with Crippen molar-refractivity contribution in [2.45, 2.75) is 6.92 Å². The summed E-state index contributed by atoms with van der Waals surface area (Å²) in [4.78, 5) is 8.31. The molecule has 0 atom stereocenters. The summed E-state index contributed by atoms with van der Waals surface area (Å²) in [5, 5.41) is 4.63. The molecular formula is C11H11ClN4. The third-order valence-electron chi connectivity index (χ3n) is 2.18. The van der Waals surface area contributed by atoms with E-state index in [1.807, 2.05) is 32.2 Å². The molecule has 0 saturated carbocycles. The van der Waals surface area contributed by atoms with Gasteiger partial charge in [0.05, 0.1) is 10.7 Å². The number of hydrogen-bond acceptors (Lipinski definition) is 3. The Morgan fingerprint density at radius 3 is 2.81 bits per heavy atom. The molecule has 0 aliphatic carbocycles. The van der Waals surface area contributed by atoms with Crippen LogP contribution >= 0.6 is 11.6 Å². The molecule has 1 aromatic carbocycles. The van der Waals surface area contributed by atoms with Crippen molar-refractivity contribution in [3.8, 4) is 11.4 Å². The Morgan fingerprint density at radius 1 is 1.44 bits per heavy atom. The lowest BCUT2D eigenvalue weighted by Gasteiger charge is -2.03. The molecule has 0 amide bonds. The normalized spacial score (nSPS) is 11.2. The molecule has 0 spiro atoms. The highest BCUT2D eigenvalue weighted by molar-refractivity contribution is 6.33. The average molecular weight is 235 g/mol. The predicted molar refractivity (Wildman–Crippen MR) is 65.3 cm³/mol. The fourth-order valence-corrected chi connectivity index (χ4v) is 1.71. The number of benzene rings is 1. The molecule has 2 rings (SSSR count). The Hall–Kier alpha value is -1.68. The van der Waals surface area contributed by atoms with E-state index in [9.17, 15) is 0 Å². The first-order chi connectivity index (χ1) is 7.72. The summed E-state index contributed by atoms with van der Waals surface area (Å²) in [6, 6.07) is 5.61. The molecule has 2 aromatic rings. The lowest BCUT2D eigenvalue weighted by atomic mass is 10.2. The van der Waals surface area contributed by atoms with Gasteiger partial charge >= 0.3 is 0 Å². The zero-order valence-corrected chi connectivity index (χ0v) is 9.81. The van der Waals surface area contributed by atoms with Crippen molar-refractivity contribution in [3.63, 3.8) is 0 Å². The van der Waals surface area contributed by atoms with Gasteiger partial charge in [0.15, 0.2) is 5.82 Å². The maximum absolute atomic E-state index is 6.17. The minimum absolute atomic E-state index is 0.624. The fraction of sp³-hybridized carbons (Fsp3) is 0.182. The van der Waals surface area contributed by atoms with Crippen LogP contribution in [0.5, 0.6) is 0 Å². The minimum Gasteiger partial charge on any atom is -0.261 e. The van der Waals surface area contributed by atoms with Crippen molar-refractivity contribution in [2.24, 2.45) is 12.0 Å². The molecule has 0 saturated heterocycles. The Balaban J connectivity index is 2.48. The van der Waals surface area contributed by atoms with Gasteiger partial charge in [-0.2, -0.15) is 5.10 Å². The lowest BCUT2D eigenvalue weighted by Crippen LogP contribution is -1.94. The number of aliphatic imine (C=N–C) groups is 1. The number of rotatable bonds is 2. The zero-order chi connectivity index (χ0) is 11.5. The highest BCUT2D eigenvalue weighted by Gasteiger charge is 2.08. The maximum Gasteiger partial charge on any atom is 0.159 e. The second-order valence-corrected chi connectivity index (χ2v) is 3.67. The largest absolute Gasteiger partial charge is 0.261 e. The van der Waals surface area contributed by atoms with Gasteiger partial charge in [-0.15, -0.1) is 0 Å². The van der Waals surface area contributed by atoms with Gasteiger partial charge < -0.3 is 0 Å². The SMILES string of the molecule is CC=Nc1ccc(-c2ncnn2C)c(Cl)c1. The smallest absolute Gasteiger partial charge is 0.159 e. The molecule has 82 valence electrons. The third kappa shape index (κ3) is 1.97. The van der Waals surface area contributed by atoms with Gasteiger partial charge in [0.2, 0.25) is 0 Å². The fourth-order valence-electron chi connectivity index (χ4n) is 1.45.